The van der Waals surface area contributed by atoms with E-state index in [-0.39, 0.29) is 11.8 Å². The van der Waals surface area contributed by atoms with Gasteiger partial charge in [0.15, 0.2) is 0 Å². The lowest BCUT2D eigenvalue weighted by Gasteiger charge is -2.39. The normalized spacial score (nSPS) is 17.1. The molecule has 0 saturated carbocycles. The van der Waals surface area contributed by atoms with Crippen molar-refractivity contribution in [2.45, 2.75) is 34.6 Å². The van der Waals surface area contributed by atoms with Gasteiger partial charge in [0.05, 0.1) is 0 Å². The zero-order valence-corrected chi connectivity index (χ0v) is 13.6. The summed E-state index contributed by atoms with van der Waals surface area (Å²) < 4.78 is 0. The summed E-state index contributed by atoms with van der Waals surface area (Å²) in [5.41, 5.74) is -0.958. The van der Waals surface area contributed by atoms with Crippen molar-refractivity contribution in [2.24, 2.45) is 5.41 Å². The minimum Gasteiger partial charge on any atom is -0.342 e. The van der Waals surface area contributed by atoms with E-state index in [4.69, 9.17) is 0 Å². The van der Waals surface area contributed by atoms with Crippen LogP contribution in [0.4, 0.5) is 0 Å². The van der Waals surface area contributed by atoms with E-state index in [1.807, 2.05) is 18.7 Å². The van der Waals surface area contributed by atoms with Gasteiger partial charge in [0.2, 0.25) is 11.8 Å². The van der Waals surface area contributed by atoms with Crippen molar-refractivity contribution in [3.8, 4) is 0 Å². The largest absolute Gasteiger partial charge is 0.342 e. The number of amides is 2. The first-order valence-corrected chi connectivity index (χ1v) is 7.69. The van der Waals surface area contributed by atoms with Gasteiger partial charge >= 0.3 is 0 Å². The Morgan fingerprint density at radius 3 is 1.90 bits per heavy atom. The molecule has 20 heavy (non-hydrogen) atoms. The Hall–Kier alpha value is -1.10. The van der Waals surface area contributed by atoms with Crippen molar-refractivity contribution < 1.29 is 9.59 Å². The molecule has 0 radical (unpaired) electrons. The second-order valence-electron chi connectivity index (χ2n) is 5.83. The van der Waals surface area contributed by atoms with Crippen molar-refractivity contribution in [1.29, 1.82) is 0 Å². The zero-order valence-electron chi connectivity index (χ0n) is 13.6. The molecular weight excluding hydrogens is 254 g/mol. The molecule has 0 unspecified atom stereocenters. The lowest BCUT2D eigenvalue weighted by atomic mass is 9.89. The molecule has 2 amide bonds. The molecule has 0 aromatic heterocycles. The van der Waals surface area contributed by atoms with Crippen LogP contribution in [0.15, 0.2) is 0 Å². The third-order valence-electron chi connectivity index (χ3n) is 4.23. The summed E-state index contributed by atoms with van der Waals surface area (Å²) in [6, 6.07) is 0. The Morgan fingerprint density at radius 1 is 1.00 bits per heavy atom. The molecule has 0 aromatic carbocycles. The molecule has 0 spiro atoms. The van der Waals surface area contributed by atoms with E-state index in [2.05, 4.69) is 11.8 Å². The van der Waals surface area contributed by atoms with Crippen LogP contribution >= 0.6 is 0 Å². The van der Waals surface area contributed by atoms with Gasteiger partial charge in [0, 0.05) is 39.3 Å². The van der Waals surface area contributed by atoms with E-state index >= 15 is 0 Å². The van der Waals surface area contributed by atoms with Gasteiger partial charge in [0.25, 0.3) is 0 Å². The molecule has 116 valence electrons. The van der Waals surface area contributed by atoms with Gasteiger partial charge in [-0.05, 0) is 34.2 Å². The van der Waals surface area contributed by atoms with Gasteiger partial charge < -0.3 is 14.7 Å². The van der Waals surface area contributed by atoms with Gasteiger partial charge in [-0.1, -0.05) is 6.92 Å². The van der Waals surface area contributed by atoms with Gasteiger partial charge in [-0.15, -0.1) is 0 Å². The first-order chi connectivity index (χ1) is 9.38. The first-order valence-electron chi connectivity index (χ1n) is 7.69. The Morgan fingerprint density at radius 2 is 1.50 bits per heavy atom. The fraction of sp³-hybridized carbons (Fsp3) is 0.867. The standard InChI is InChI=1S/C15H29N3O2/c1-6-16-9-11-18(12-10-16)14(20)15(4,5)13(19)17(7-2)8-3/h6-12H2,1-5H3. The average molecular weight is 283 g/mol. The van der Waals surface area contributed by atoms with E-state index < -0.39 is 5.41 Å². The van der Waals surface area contributed by atoms with Crippen molar-refractivity contribution in [3.05, 3.63) is 0 Å². The number of carbonyl (C=O) groups is 2. The fourth-order valence-electron chi connectivity index (χ4n) is 2.66. The summed E-state index contributed by atoms with van der Waals surface area (Å²) in [7, 11) is 0. The number of hydrogen-bond acceptors (Lipinski definition) is 3. The highest BCUT2D eigenvalue weighted by Gasteiger charge is 2.41. The molecule has 1 aliphatic heterocycles. The van der Waals surface area contributed by atoms with Gasteiger partial charge in [-0.2, -0.15) is 0 Å². The minimum absolute atomic E-state index is 0.0369. The second kappa shape index (κ2) is 7.07. The molecule has 0 bridgehead atoms. The maximum absolute atomic E-state index is 12.7. The third-order valence-corrected chi connectivity index (χ3v) is 4.23. The summed E-state index contributed by atoms with van der Waals surface area (Å²) in [5, 5.41) is 0. The van der Waals surface area contributed by atoms with Crippen LogP contribution in [0.25, 0.3) is 0 Å². The fourth-order valence-corrected chi connectivity index (χ4v) is 2.66. The summed E-state index contributed by atoms with van der Waals surface area (Å²) >= 11 is 0. The predicted molar refractivity (Wildman–Crippen MR) is 80.4 cm³/mol. The van der Waals surface area contributed by atoms with Gasteiger partial charge in [0.1, 0.15) is 5.41 Å². The van der Waals surface area contributed by atoms with E-state index in [0.29, 0.717) is 13.1 Å². The Kier molecular flexibility index (Phi) is 5.99. The summed E-state index contributed by atoms with van der Waals surface area (Å²) in [6.45, 7) is 15.1. The molecule has 1 heterocycles. The highest BCUT2D eigenvalue weighted by Crippen LogP contribution is 2.23. The van der Waals surface area contributed by atoms with Crippen LogP contribution in [0.1, 0.15) is 34.6 Å². The molecule has 1 rings (SSSR count). The first kappa shape index (κ1) is 17.0. The number of rotatable bonds is 5. The Balaban J connectivity index is 2.72. The molecular formula is C15H29N3O2. The van der Waals surface area contributed by atoms with Crippen molar-refractivity contribution in [3.63, 3.8) is 0 Å². The van der Waals surface area contributed by atoms with Crippen molar-refractivity contribution >= 4 is 11.8 Å². The Bertz CT molecular complexity index is 343. The van der Waals surface area contributed by atoms with Crippen molar-refractivity contribution in [1.82, 2.24) is 14.7 Å². The number of piperazine rings is 1. The quantitative estimate of drug-likeness (QED) is 0.708. The lowest BCUT2D eigenvalue weighted by molar-refractivity contribution is -0.155. The van der Waals surface area contributed by atoms with Crippen LogP contribution in [-0.2, 0) is 9.59 Å². The summed E-state index contributed by atoms with van der Waals surface area (Å²) in [4.78, 5) is 31.1. The van der Waals surface area contributed by atoms with Crippen LogP contribution in [0.3, 0.4) is 0 Å². The highest BCUT2D eigenvalue weighted by atomic mass is 16.2. The summed E-state index contributed by atoms with van der Waals surface area (Å²) in [5.74, 6) is -0.101. The predicted octanol–water partition coefficient (Wildman–Crippen LogP) is 1.05. The zero-order chi connectivity index (χ0) is 15.3. The molecule has 0 atom stereocenters. The third kappa shape index (κ3) is 3.51. The summed E-state index contributed by atoms with van der Waals surface area (Å²) in [6.07, 6.45) is 0. The monoisotopic (exact) mass is 283 g/mol. The van der Waals surface area contributed by atoms with Crippen LogP contribution in [0, 0.1) is 5.41 Å². The van der Waals surface area contributed by atoms with E-state index in [1.54, 1.807) is 18.7 Å². The molecule has 0 aromatic rings. The molecule has 5 nitrogen and oxygen atoms in total. The Labute approximate surface area is 122 Å². The minimum atomic E-state index is -0.958. The van der Waals surface area contributed by atoms with Crippen LogP contribution < -0.4 is 0 Å². The second-order valence-corrected chi connectivity index (χ2v) is 5.83. The molecule has 1 fully saturated rings. The SMILES string of the molecule is CCN1CCN(C(=O)C(C)(C)C(=O)N(CC)CC)CC1. The number of likely N-dealkylation sites (N-methyl/N-ethyl adjacent to an activating group) is 1. The number of hydrogen-bond donors (Lipinski definition) is 0. The molecule has 0 N–H and O–H groups in total. The molecule has 5 heteroatoms. The lowest BCUT2D eigenvalue weighted by Crippen LogP contribution is -2.55. The number of nitrogens with zero attached hydrogens (tertiary/aromatic N) is 3. The van der Waals surface area contributed by atoms with Crippen molar-refractivity contribution in [2.75, 3.05) is 45.8 Å². The highest BCUT2D eigenvalue weighted by molar-refractivity contribution is 6.04. The van der Waals surface area contributed by atoms with Crippen LogP contribution in [0.5, 0.6) is 0 Å². The van der Waals surface area contributed by atoms with E-state index in [1.165, 1.54) is 0 Å². The smallest absolute Gasteiger partial charge is 0.237 e. The van der Waals surface area contributed by atoms with E-state index in [0.717, 1.165) is 32.7 Å². The van der Waals surface area contributed by atoms with Gasteiger partial charge in [-0.25, -0.2) is 0 Å². The maximum Gasteiger partial charge on any atom is 0.237 e. The van der Waals surface area contributed by atoms with E-state index in [9.17, 15) is 9.59 Å². The maximum atomic E-state index is 12.7. The molecule has 1 saturated heterocycles. The average Bonchev–Trinajstić information content (AvgIpc) is 2.47. The molecule has 0 aliphatic carbocycles. The van der Waals surface area contributed by atoms with Crippen LogP contribution in [0.2, 0.25) is 0 Å². The van der Waals surface area contributed by atoms with Crippen LogP contribution in [-0.4, -0.2) is 72.3 Å². The molecule has 1 aliphatic rings. The van der Waals surface area contributed by atoms with Gasteiger partial charge in [-0.3, -0.25) is 9.59 Å². The number of carbonyl (C=O) groups excluding carboxylic acids is 2. The topological polar surface area (TPSA) is 43.9 Å².